The second kappa shape index (κ2) is 18.4. The van der Waals surface area contributed by atoms with Crippen LogP contribution >= 0.6 is 0 Å². The molecule has 1 aromatic carbocycles. The molecular weight excluding hydrogens is 506 g/mol. The first-order valence-corrected chi connectivity index (χ1v) is 16.3. The number of carbonyl (C=O) groups is 1. The molecule has 0 bridgehead atoms. The van der Waals surface area contributed by atoms with Crippen molar-refractivity contribution in [2.45, 2.75) is 105 Å². The summed E-state index contributed by atoms with van der Waals surface area (Å²) in [5.41, 5.74) is 5.20. The van der Waals surface area contributed by atoms with Gasteiger partial charge in [-0.25, -0.2) is 0 Å². The van der Waals surface area contributed by atoms with Gasteiger partial charge in [0.2, 0.25) is 5.91 Å². The quantitative estimate of drug-likeness (QED) is 0.214. The summed E-state index contributed by atoms with van der Waals surface area (Å²) in [4.78, 5) is 15.8. The molecule has 41 heavy (non-hydrogen) atoms. The first-order valence-electron chi connectivity index (χ1n) is 16.3. The van der Waals surface area contributed by atoms with E-state index in [1.807, 2.05) is 0 Å². The van der Waals surface area contributed by atoms with Gasteiger partial charge in [-0.1, -0.05) is 78.0 Å². The molecule has 1 aliphatic carbocycles. The first-order chi connectivity index (χ1) is 19.6. The van der Waals surface area contributed by atoms with Crippen LogP contribution in [0.4, 0.5) is 0 Å². The Morgan fingerprint density at radius 2 is 1.76 bits per heavy atom. The summed E-state index contributed by atoms with van der Waals surface area (Å²) in [6, 6.07) is 9.50. The number of carbonyl (C=O) groups excluding carboxylic acids is 1. The number of nitrogens with one attached hydrogen (secondary N) is 2. The summed E-state index contributed by atoms with van der Waals surface area (Å²) < 4.78 is 4.78. The number of amides is 1. The summed E-state index contributed by atoms with van der Waals surface area (Å²) in [5, 5.41) is 6.97. The summed E-state index contributed by atoms with van der Waals surface area (Å²) >= 11 is 0. The number of benzene rings is 1. The van der Waals surface area contributed by atoms with Crippen molar-refractivity contribution >= 4 is 11.5 Å². The van der Waals surface area contributed by atoms with Crippen molar-refractivity contribution in [1.82, 2.24) is 15.5 Å². The maximum Gasteiger partial charge on any atom is 0.224 e. The minimum absolute atomic E-state index is 0.00549. The number of hydrogen-bond donors (Lipinski definition) is 2. The van der Waals surface area contributed by atoms with Crippen LogP contribution < -0.4 is 10.6 Å². The Kier molecular flexibility index (Phi) is 15.8. The fourth-order valence-electron chi connectivity index (χ4n) is 5.89. The molecule has 1 aliphatic heterocycles. The Morgan fingerprint density at radius 3 is 2.27 bits per heavy atom. The summed E-state index contributed by atoms with van der Waals surface area (Å²) in [7, 11) is 1.73. The number of aryl methyl sites for hydroxylation is 1. The number of hydrogen-bond acceptors (Lipinski definition) is 4. The standard InChI is InChI=1S/C31H49N3O.C5H12O/c1-8-25(30-12-10-9-11-23(30)6)20-34(29-13-14-29)24(7)26-17-27(19-32-18-26)31(35)33-28(15-21(2)3)16-22(4)5;1-3-4-5-6-2/h8-12,21-22,26-29,32H,7,13-20H2,1-6H3,(H,33,35);3-5H2,1-2H3/b25-8-;. The second-order valence-electron chi connectivity index (χ2n) is 13.1. The first kappa shape index (κ1) is 35.1. The van der Waals surface area contributed by atoms with Crippen molar-refractivity contribution in [3.05, 3.63) is 53.7 Å². The van der Waals surface area contributed by atoms with Crippen LogP contribution in [-0.2, 0) is 9.53 Å². The molecule has 1 saturated heterocycles. The van der Waals surface area contributed by atoms with Crippen molar-refractivity contribution in [3.8, 4) is 0 Å². The number of piperidine rings is 1. The van der Waals surface area contributed by atoms with Crippen LogP contribution in [0.1, 0.15) is 97.6 Å². The lowest BCUT2D eigenvalue weighted by molar-refractivity contribution is -0.126. The highest BCUT2D eigenvalue weighted by atomic mass is 16.5. The second-order valence-corrected chi connectivity index (χ2v) is 13.1. The molecule has 1 heterocycles. The highest BCUT2D eigenvalue weighted by molar-refractivity contribution is 5.79. The topological polar surface area (TPSA) is 53.6 Å². The number of ether oxygens (including phenoxy) is 1. The molecular formula is C36H61N3O2. The predicted molar refractivity (Wildman–Crippen MR) is 176 cm³/mol. The minimum Gasteiger partial charge on any atom is -0.385 e. The number of allylic oxidation sites excluding steroid dienone is 1. The fraction of sp³-hybridized carbons (Fsp3) is 0.694. The van der Waals surface area contributed by atoms with Crippen molar-refractivity contribution in [1.29, 1.82) is 0 Å². The lowest BCUT2D eigenvalue weighted by Crippen LogP contribution is -2.48. The van der Waals surface area contributed by atoms with Gasteiger partial charge < -0.3 is 20.3 Å². The zero-order valence-corrected chi connectivity index (χ0v) is 27.6. The Morgan fingerprint density at radius 1 is 1.12 bits per heavy atom. The molecule has 2 N–H and O–H groups in total. The Balaban J connectivity index is 0.000000883. The SMILES string of the molecule is C=C(C1CNCC(C(=O)NC(CC(C)C)CC(C)C)C1)N(C/C(=C/C)c1ccccc1C)C1CC1.CCCCOC. The van der Waals surface area contributed by atoms with Gasteiger partial charge in [0.15, 0.2) is 0 Å². The van der Waals surface area contributed by atoms with Crippen LogP contribution in [0.25, 0.3) is 5.57 Å². The molecule has 5 heteroatoms. The molecule has 1 amide bonds. The van der Waals surface area contributed by atoms with Crippen LogP contribution in [0.2, 0.25) is 0 Å². The molecule has 3 rings (SSSR count). The van der Waals surface area contributed by atoms with Crippen LogP contribution in [0.3, 0.4) is 0 Å². The third-order valence-electron chi connectivity index (χ3n) is 8.29. The summed E-state index contributed by atoms with van der Waals surface area (Å²) in [5.74, 6) is 1.68. The van der Waals surface area contributed by atoms with Crippen molar-refractivity contribution in [2.24, 2.45) is 23.7 Å². The molecule has 2 aliphatic rings. The van der Waals surface area contributed by atoms with Gasteiger partial charge in [-0.15, -0.1) is 0 Å². The maximum atomic E-state index is 13.3. The molecule has 0 spiro atoms. The molecule has 2 unspecified atom stereocenters. The molecule has 2 fully saturated rings. The van der Waals surface area contributed by atoms with Crippen LogP contribution in [0.15, 0.2) is 42.6 Å². The van der Waals surface area contributed by atoms with Gasteiger partial charge >= 0.3 is 0 Å². The Bertz CT molecular complexity index is 936. The average Bonchev–Trinajstić information content (AvgIpc) is 3.78. The molecule has 2 atom stereocenters. The van der Waals surface area contributed by atoms with E-state index in [2.05, 4.69) is 101 Å². The minimum atomic E-state index is 0.00549. The number of methoxy groups -OCH3 is 1. The molecule has 5 nitrogen and oxygen atoms in total. The highest BCUT2D eigenvalue weighted by Gasteiger charge is 2.36. The van der Waals surface area contributed by atoms with E-state index in [4.69, 9.17) is 4.74 Å². The van der Waals surface area contributed by atoms with Gasteiger partial charge in [0.25, 0.3) is 0 Å². The molecule has 1 aromatic rings. The summed E-state index contributed by atoms with van der Waals surface area (Å²) in [6.07, 6.45) is 10.1. The summed E-state index contributed by atoms with van der Waals surface area (Å²) in [6.45, 7) is 23.5. The molecule has 0 radical (unpaired) electrons. The average molecular weight is 568 g/mol. The largest absolute Gasteiger partial charge is 0.385 e. The number of unbranched alkanes of at least 4 members (excludes halogenated alkanes) is 1. The van der Waals surface area contributed by atoms with Gasteiger partial charge in [0.1, 0.15) is 0 Å². The van der Waals surface area contributed by atoms with Crippen LogP contribution in [-0.4, -0.2) is 56.2 Å². The van der Waals surface area contributed by atoms with Crippen molar-refractivity contribution in [3.63, 3.8) is 0 Å². The van der Waals surface area contributed by atoms with Crippen molar-refractivity contribution in [2.75, 3.05) is 33.4 Å². The highest BCUT2D eigenvalue weighted by Crippen LogP contribution is 2.36. The normalized spacial score (nSPS) is 19.2. The van der Waals surface area contributed by atoms with E-state index < -0.39 is 0 Å². The van der Waals surface area contributed by atoms with E-state index in [0.717, 1.165) is 45.5 Å². The Labute approximate surface area is 252 Å². The third-order valence-corrected chi connectivity index (χ3v) is 8.29. The number of rotatable bonds is 15. The Hall–Kier alpha value is -2.11. The van der Waals surface area contributed by atoms with Crippen LogP contribution in [0, 0.1) is 30.6 Å². The van der Waals surface area contributed by atoms with Gasteiger partial charge in [-0.3, -0.25) is 4.79 Å². The molecule has 232 valence electrons. The van der Waals surface area contributed by atoms with Gasteiger partial charge in [-0.05, 0) is 80.9 Å². The molecule has 1 saturated carbocycles. The number of nitrogens with zero attached hydrogens (tertiary/aromatic N) is 1. The maximum absolute atomic E-state index is 13.3. The van der Waals surface area contributed by atoms with E-state index in [0.29, 0.717) is 23.8 Å². The monoisotopic (exact) mass is 567 g/mol. The van der Waals surface area contributed by atoms with Crippen LogP contribution in [0.5, 0.6) is 0 Å². The molecule has 0 aromatic heterocycles. The van der Waals surface area contributed by atoms with Gasteiger partial charge in [-0.2, -0.15) is 0 Å². The lowest BCUT2D eigenvalue weighted by Gasteiger charge is -2.37. The zero-order chi connectivity index (χ0) is 30.4. The van der Waals surface area contributed by atoms with E-state index in [9.17, 15) is 4.79 Å². The fourth-order valence-corrected chi connectivity index (χ4v) is 5.89. The smallest absolute Gasteiger partial charge is 0.224 e. The van der Waals surface area contributed by atoms with Crippen molar-refractivity contribution < 1.29 is 9.53 Å². The third kappa shape index (κ3) is 12.3. The van der Waals surface area contributed by atoms with E-state index in [1.54, 1.807) is 7.11 Å². The van der Waals surface area contributed by atoms with E-state index in [-0.39, 0.29) is 17.9 Å². The predicted octanol–water partition coefficient (Wildman–Crippen LogP) is 7.61. The van der Waals surface area contributed by atoms with Gasteiger partial charge in [0, 0.05) is 57.0 Å². The zero-order valence-electron chi connectivity index (χ0n) is 27.6. The van der Waals surface area contributed by atoms with Gasteiger partial charge in [0.05, 0.1) is 5.92 Å². The van der Waals surface area contributed by atoms with E-state index in [1.165, 1.54) is 48.1 Å². The van der Waals surface area contributed by atoms with E-state index >= 15 is 0 Å². The lowest BCUT2D eigenvalue weighted by atomic mass is 9.86.